The number of benzene rings is 2. The summed E-state index contributed by atoms with van der Waals surface area (Å²) in [5, 5.41) is 13.9. The molecule has 3 rings (SSSR count). The van der Waals surface area contributed by atoms with E-state index in [2.05, 4.69) is 5.32 Å². The number of amides is 1. The summed E-state index contributed by atoms with van der Waals surface area (Å²) in [5.74, 6) is -0.560. The molecule has 2 aromatic rings. The summed E-state index contributed by atoms with van der Waals surface area (Å²) in [4.78, 5) is 24.7. The lowest BCUT2D eigenvalue weighted by molar-refractivity contribution is -0.385. The van der Waals surface area contributed by atoms with Crippen LogP contribution in [0.2, 0.25) is 0 Å². The number of hydrogen-bond donors (Lipinski definition) is 1. The van der Waals surface area contributed by atoms with Crippen LogP contribution in [0.3, 0.4) is 0 Å². The average Bonchev–Trinajstić information content (AvgIpc) is 2.79. The van der Waals surface area contributed by atoms with Crippen LogP contribution < -0.4 is 5.32 Å². The number of sulfonamides is 1. The molecule has 0 unspecified atom stereocenters. The van der Waals surface area contributed by atoms with Crippen LogP contribution in [0.15, 0.2) is 53.4 Å². The first-order valence-electron chi connectivity index (χ1n) is 10.1. The maximum absolute atomic E-state index is 13.1. The summed E-state index contributed by atoms with van der Waals surface area (Å²) in [6.45, 7) is 4.56. The van der Waals surface area contributed by atoms with Gasteiger partial charge in [-0.05, 0) is 37.6 Å². The van der Waals surface area contributed by atoms with Crippen molar-refractivity contribution in [3.05, 3.63) is 70.0 Å². The molecule has 1 aliphatic rings. The molecule has 0 spiro atoms. The summed E-state index contributed by atoms with van der Waals surface area (Å²) in [6.07, 6.45) is 0. The first-order chi connectivity index (χ1) is 15.1. The second-order valence-corrected chi connectivity index (χ2v) is 9.59. The lowest BCUT2D eigenvalue weighted by atomic mass is 10.1. The monoisotopic (exact) mass is 464 g/mol. The molecule has 11 heteroatoms. The van der Waals surface area contributed by atoms with Crippen LogP contribution in [0.25, 0.3) is 0 Å². The van der Waals surface area contributed by atoms with Gasteiger partial charge in [-0.25, -0.2) is 12.8 Å². The second-order valence-electron chi connectivity index (χ2n) is 7.65. The number of nitro benzene ring substituents is 1. The van der Waals surface area contributed by atoms with Crippen LogP contribution in [-0.4, -0.2) is 60.7 Å². The van der Waals surface area contributed by atoms with Crippen LogP contribution >= 0.6 is 0 Å². The number of nitrogens with zero attached hydrogens (tertiary/aromatic N) is 3. The van der Waals surface area contributed by atoms with Gasteiger partial charge in [-0.3, -0.25) is 19.8 Å². The molecule has 0 aliphatic carbocycles. The average molecular weight is 465 g/mol. The lowest BCUT2D eigenvalue weighted by Crippen LogP contribution is -2.55. The van der Waals surface area contributed by atoms with Crippen LogP contribution in [-0.2, 0) is 14.8 Å². The standard InChI is InChI=1S/C21H25FN4O5S/c1-15(17-6-8-18(22)9-7-17)23-21(27)16(2)24-10-12-25(13-11-24)32(30,31)20-5-3-4-19(14-20)26(28)29/h3-9,14-16H,10-13H2,1-2H3,(H,23,27)/t15-,16-/m1/s1. The molecule has 9 nitrogen and oxygen atoms in total. The Bertz CT molecular complexity index is 1090. The molecule has 172 valence electrons. The molecule has 1 heterocycles. The molecule has 0 saturated carbocycles. The first-order valence-corrected chi connectivity index (χ1v) is 11.6. The van der Waals surface area contributed by atoms with Crippen LogP contribution in [0.4, 0.5) is 10.1 Å². The Hall–Kier alpha value is -2.89. The van der Waals surface area contributed by atoms with Gasteiger partial charge in [-0.15, -0.1) is 0 Å². The van der Waals surface area contributed by atoms with Crippen molar-refractivity contribution >= 4 is 21.6 Å². The number of nitrogens with one attached hydrogen (secondary N) is 1. The van der Waals surface area contributed by atoms with E-state index in [1.165, 1.54) is 34.6 Å². The van der Waals surface area contributed by atoms with Gasteiger partial charge in [0, 0.05) is 38.3 Å². The SMILES string of the molecule is C[C@H](C(=O)N[C@H](C)c1ccc(F)cc1)N1CCN(S(=O)(=O)c2cccc([N+](=O)[O-])c2)CC1. The molecule has 2 atom stereocenters. The van der Waals surface area contributed by atoms with E-state index >= 15 is 0 Å². The van der Waals surface area contributed by atoms with Crippen LogP contribution in [0.5, 0.6) is 0 Å². The maximum atomic E-state index is 13.1. The molecule has 1 amide bonds. The fourth-order valence-electron chi connectivity index (χ4n) is 3.57. The van der Waals surface area contributed by atoms with Gasteiger partial charge in [0.1, 0.15) is 5.82 Å². The van der Waals surface area contributed by atoms with Crippen LogP contribution in [0, 0.1) is 15.9 Å². The molecule has 1 fully saturated rings. The Morgan fingerprint density at radius 1 is 1.09 bits per heavy atom. The maximum Gasteiger partial charge on any atom is 0.270 e. The van der Waals surface area contributed by atoms with E-state index in [9.17, 15) is 27.7 Å². The Morgan fingerprint density at radius 3 is 2.31 bits per heavy atom. The Balaban J connectivity index is 1.59. The van der Waals surface area contributed by atoms with Gasteiger partial charge in [0.15, 0.2) is 0 Å². The molecule has 0 radical (unpaired) electrons. The highest BCUT2D eigenvalue weighted by molar-refractivity contribution is 7.89. The van der Waals surface area contributed by atoms with Crippen molar-refractivity contribution in [2.45, 2.75) is 30.8 Å². The highest BCUT2D eigenvalue weighted by Gasteiger charge is 2.32. The van der Waals surface area contributed by atoms with Gasteiger partial charge < -0.3 is 5.32 Å². The quantitative estimate of drug-likeness (QED) is 0.497. The number of nitro groups is 1. The predicted molar refractivity (Wildman–Crippen MR) is 116 cm³/mol. The van der Waals surface area contributed by atoms with Crippen LogP contribution in [0.1, 0.15) is 25.5 Å². The zero-order valence-corrected chi connectivity index (χ0v) is 18.6. The van der Waals surface area contributed by atoms with Crippen molar-refractivity contribution in [3.63, 3.8) is 0 Å². The first kappa shape index (κ1) is 23.8. The lowest BCUT2D eigenvalue weighted by Gasteiger charge is -2.37. The molecule has 1 N–H and O–H groups in total. The third-order valence-corrected chi connectivity index (χ3v) is 7.49. The second kappa shape index (κ2) is 9.72. The summed E-state index contributed by atoms with van der Waals surface area (Å²) in [7, 11) is -3.87. The molecule has 1 saturated heterocycles. The third kappa shape index (κ3) is 5.29. The Labute approximate surface area is 186 Å². The minimum Gasteiger partial charge on any atom is -0.348 e. The van der Waals surface area contributed by atoms with Gasteiger partial charge in [-0.1, -0.05) is 18.2 Å². The highest BCUT2D eigenvalue weighted by Crippen LogP contribution is 2.22. The fourth-order valence-corrected chi connectivity index (χ4v) is 5.03. The number of piperazine rings is 1. The molecule has 2 aromatic carbocycles. The van der Waals surface area contributed by atoms with Crippen molar-refractivity contribution in [1.29, 1.82) is 0 Å². The molecule has 1 aliphatic heterocycles. The number of halogens is 1. The molecule has 32 heavy (non-hydrogen) atoms. The van der Waals surface area contributed by atoms with E-state index in [0.717, 1.165) is 11.6 Å². The minimum absolute atomic E-state index is 0.126. The third-order valence-electron chi connectivity index (χ3n) is 5.60. The summed E-state index contributed by atoms with van der Waals surface area (Å²) in [5.41, 5.74) is 0.491. The van der Waals surface area contributed by atoms with Gasteiger partial charge in [0.25, 0.3) is 5.69 Å². The van der Waals surface area contributed by atoms with E-state index in [4.69, 9.17) is 0 Å². The summed E-state index contributed by atoms with van der Waals surface area (Å²) < 4.78 is 40.1. The molecule has 0 bridgehead atoms. The minimum atomic E-state index is -3.87. The topological polar surface area (TPSA) is 113 Å². The van der Waals surface area contributed by atoms with Crippen molar-refractivity contribution in [2.24, 2.45) is 0 Å². The summed E-state index contributed by atoms with van der Waals surface area (Å²) in [6, 6.07) is 10.1. The van der Waals surface area contributed by atoms with E-state index in [1.807, 2.05) is 4.90 Å². The van der Waals surface area contributed by atoms with Crippen molar-refractivity contribution in [2.75, 3.05) is 26.2 Å². The molecule has 0 aromatic heterocycles. The van der Waals surface area contributed by atoms with Gasteiger partial charge in [-0.2, -0.15) is 4.31 Å². The van der Waals surface area contributed by atoms with E-state index < -0.39 is 21.0 Å². The van der Waals surface area contributed by atoms with Crippen molar-refractivity contribution in [1.82, 2.24) is 14.5 Å². The van der Waals surface area contributed by atoms with Crippen molar-refractivity contribution < 1.29 is 22.5 Å². The number of carbonyl (C=O) groups excluding carboxylic acids is 1. The molecular formula is C21H25FN4O5S. The Kier molecular flexibility index (Phi) is 7.22. The number of non-ortho nitro benzene ring substituents is 1. The van der Waals surface area contributed by atoms with Gasteiger partial charge in [0.2, 0.25) is 15.9 Å². The molecular weight excluding hydrogens is 439 g/mol. The fraction of sp³-hybridized carbons (Fsp3) is 0.381. The zero-order chi connectivity index (χ0) is 23.5. The highest BCUT2D eigenvalue weighted by atomic mass is 32.2. The van der Waals surface area contributed by atoms with Gasteiger partial charge >= 0.3 is 0 Å². The van der Waals surface area contributed by atoms with Gasteiger partial charge in [0.05, 0.1) is 21.9 Å². The predicted octanol–water partition coefficient (Wildman–Crippen LogP) is 2.31. The zero-order valence-electron chi connectivity index (χ0n) is 17.8. The van der Waals surface area contributed by atoms with E-state index in [-0.39, 0.29) is 41.4 Å². The smallest absolute Gasteiger partial charge is 0.270 e. The summed E-state index contributed by atoms with van der Waals surface area (Å²) >= 11 is 0. The Morgan fingerprint density at radius 2 is 1.72 bits per heavy atom. The number of rotatable bonds is 7. The normalized spacial score (nSPS) is 17.5. The number of hydrogen-bond acceptors (Lipinski definition) is 6. The van der Waals surface area contributed by atoms with E-state index in [1.54, 1.807) is 26.0 Å². The number of carbonyl (C=O) groups is 1. The van der Waals surface area contributed by atoms with E-state index in [0.29, 0.717) is 13.1 Å². The van der Waals surface area contributed by atoms with Crippen molar-refractivity contribution in [3.8, 4) is 0 Å². The largest absolute Gasteiger partial charge is 0.348 e.